The number of benzene rings is 1. The molecule has 0 aromatic heterocycles. The molecule has 1 heterocycles. The molecule has 7 nitrogen and oxygen atoms in total. The summed E-state index contributed by atoms with van der Waals surface area (Å²) < 4.78 is 19.4. The quantitative estimate of drug-likeness (QED) is 0.676. The molecule has 0 spiro atoms. The average molecular weight is 339 g/mol. The molecule has 1 aliphatic rings. The van der Waals surface area contributed by atoms with E-state index in [1.54, 1.807) is 25.7 Å². The van der Waals surface area contributed by atoms with Crippen LogP contribution in [-0.2, 0) is 4.74 Å². The third kappa shape index (κ3) is 4.33. The Morgan fingerprint density at radius 1 is 1.42 bits per heavy atom. The largest absolute Gasteiger partial charge is 0.444 e. The monoisotopic (exact) mass is 339 g/mol. The van der Waals surface area contributed by atoms with Gasteiger partial charge in [-0.05, 0) is 32.8 Å². The Kier molecular flexibility index (Phi) is 4.96. The third-order valence-corrected chi connectivity index (χ3v) is 3.80. The predicted octanol–water partition coefficient (Wildman–Crippen LogP) is 3.08. The number of alkyl carbamates (subject to hydrolysis) is 1. The summed E-state index contributed by atoms with van der Waals surface area (Å²) in [7, 11) is 0. The van der Waals surface area contributed by atoms with Gasteiger partial charge in [0.1, 0.15) is 5.60 Å². The molecule has 1 saturated heterocycles. The van der Waals surface area contributed by atoms with Crippen molar-refractivity contribution in [2.75, 3.05) is 18.0 Å². The molecule has 8 heteroatoms. The van der Waals surface area contributed by atoms with Crippen molar-refractivity contribution in [1.29, 1.82) is 0 Å². The zero-order valence-corrected chi connectivity index (χ0v) is 14.2. The Hall–Kier alpha value is -2.38. The lowest BCUT2D eigenvalue weighted by molar-refractivity contribution is -0.385. The molecule has 2 atom stereocenters. The van der Waals surface area contributed by atoms with E-state index in [0.29, 0.717) is 18.8 Å². The molecule has 0 saturated carbocycles. The number of anilines is 1. The Morgan fingerprint density at radius 2 is 2.08 bits per heavy atom. The van der Waals surface area contributed by atoms with Crippen LogP contribution in [-0.4, -0.2) is 35.7 Å². The fourth-order valence-electron chi connectivity index (χ4n) is 2.68. The van der Waals surface area contributed by atoms with Crippen molar-refractivity contribution in [3.8, 4) is 0 Å². The number of hydrogen-bond acceptors (Lipinski definition) is 5. The molecule has 0 radical (unpaired) electrons. The minimum absolute atomic E-state index is 0.0899. The fourth-order valence-corrected chi connectivity index (χ4v) is 2.68. The van der Waals surface area contributed by atoms with Crippen molar-refractivity contribution in [3.63, 3.8) is 0 Å². The Bertz CT molecular complexity index is 645. The van der Waals surface area contributed by atoms with Gasteiger partial charge in [0.15, 0.2) is 5.82 Å². The zero-order valence-electron chi connectivity index (χ0n) is 14.2. The number of carbonyl (C=O) groups is 1. The van der Waals surface area contributed by atoms with Crippen LogP contribution in [0.5, 0.6) is 0 Å². The van der Waals surface area contributed by atoms with E-state index in [9.17, 15) is 19.3 Å². The van der Waals surface area contributed by atoms with E-state index < -0.39 is 22.4 Å². The molecule has 1 aromatic carbocycles. The van der Waals surface area contributed by atoms with Crippen molar-refractivity contribution in [3.05, 3.63) is 34.1 Å². The smallest absolute Gasteiger partial charge is 0.407 e. The molecule has 0 bridgehead atoms. The molecule has 1 fully saturated rings. The molecule has 0 aliphatic carbocycles. The Balaban J connectivity index is 2.05. The maximum absolute atomic E-state index is 14.1. The van der Waals surface area contributed by atoms with E-state index in [2.05, 4.69) is 5.32 Å². The number of nitro groups is 1. The van der Waals surface area contributed by atoms with Crippen molar-refractivity contribution < 1.29 is 18.8 Å². The minimum Gasteiger partial charge on any atom is -0.444 e. The second-order valence-electron chi connectivity index (χ2n) is 7.03. The average Bonchev–Trinajstić information content (AvgIpc) is 2.77. The van der Waals surface area contributed by atoms with E-state index in [-0.39, 0.29) is 17.6 Å². The number of nitrogens with one attached hydrogen (secondary N) is 1. The molecular weight excluding hydrogens is 317 g/mol. The van der Waals surface area contributed by atoms with Gasteiger partial charge in [-0.2, -0.15) is 0 Å². The summed E-state index contributed by atoms with van der Waals surface area (Å²) in [5, 5.41) is 13.5. The van der Waals surface area contributed by atoms with Gasteiger partial charge >= 0.3 is 6.09 Å². The number of nitro benzene ring substituents is 1. The van der Waals surface area contributed by atoms with E-state index in [1.165, 1.54) is 12.1 Å². The van der Waals surface area contributed by atoms with Crippen molar-refractivity contribution in [2.45, 2.75) is 39.3 Å². The molecule has 1 amide bonds. The standard InChI is InChI=1S/C16H22FN3O4/c1-10-8-19(9-13(10)18-15(21)24-16(2,3)4)14-6-5-11(20(22)23)7-12(14)17/h5-7,10,13H,8-9H2,1-4H3,(H,18,21). The lowest BCUT2D eigenvalue weighted by atomic mass is 10.1. The second kappa shape index (κ2) is 6.62. The zero-order chi connectivity index (χ0) is 18.1. The lowest BCUT2D eigenvalue weighted by Gasteiger charge is -2.23. The van der Waals surface area contributed by atoms with Gasteiger partial charge in [-0.3, -0.25) is 10.1 Å². The van der Waals surface area contributed by atoms with Crippen LogP contribution in [0.2, 0.25) is 0 Å². The normalized spacial score (nSPS) is 20.8. The van der Waals surface area contributed by atoms with Gasteiger partial charge in [0, 0.05) is 19.2 Å². The van der Waals surface area contributed by atoms with Gasteiger partial charge in [0.25, 0.3) is 5.69 Å². The first kappa shape index (κ1) is 18.0. The first-order chi connectivity index (χ1) is 11.1. The van der Waals surface area contributed by atoms with Crippen LogP contribution in [0.1, 0.15) is 27.7 Å². The van der Waals surface area contributed by atoms with Gasteiger partial charge in [-0.15, -0.1) is 0 Å². The maximum atomic E-state index is 14.1. The van der Waals surface area contributed by atoms with Gasteiger partial charge in [0.2, 0.25) is 0 Å². The summed E-state index contributed by atoms with van der Waals surface area (Å²) in [5.74, 6) is -0.554. The Labute approximate surface area is 139 Å². The second-order valence-corrected chi connectivity index (χ2v) is 7.03. The highest BCUT2D eigenvalue weighted by Gasteiger charge is 2.33. The van der Waals surface area contributed by atoms with Crippen LogP contribution in [0.4, 0.5) is 20.6 Å². The number of rotatable bonds is 3. The number of amides is 1. The third-order valence-electron chi connectivity index (χ3n) is 3.80. The number of halogens is 1. The summed E-state index contributed by atoms with van der Waals surface area (Å²) in [6.45, 7) is 8.24. The van der Waals surface area contributed by atoms with Gasteiger partial charge < -0.3 is 15.0 Å². The van der Waals surface area contributed by atoms with Gasteiger partial charge in [-0.1, -0.05) is 6.92 Å². The van der Waals surface area contributed by atoms with Crippen LogP contribution in [0.15, 0.2) is 18.2 Å². The molecule has 2 unspecified atom stereocenters. The highest BCUT2D eigenvalue weighted by atomic mass is 19.1. The van der Waals surface area contributed by atoms with E-state index >= 15 is 0 Å². The lowest BCUT2D eigenvalue weighted by Crippen LogP contribution is -2.42. The number of ether oxygens (including phenoxy) is 1. The summed E-state index contributed by atoms with van der Waals surface area (Å²) in [4.78, 5) is 23.7. The highest BCUT2D eigenvalue weighted by molar-refractivity contribution is 5.68. The predicted molar refractivity (Wildman–Crippen MR) is 87.6 cm³/mol. The SMILES string of the molecule is CC1CN(c2ccc([N+](=O)[O-])cc2F)CC1NC(=O)OC(C)(C)C. The molecule has 2 rings (SSSR count). The van der Waals surface area contributed by atoms with Crippen molar-refractivity contribution in [2.24, 2.45) is 5.92 Å². The fraction of sp³-hybridized carbons (Fsp3) is 0.562. The number of nitrogens with zero attached hydrogens (tertiary/aromatic N) is 2. The van der Waals surface area contributed by atoms with Gasteiger partial charge in [0.05, 0.1) is 22.7 Å². The summed E-state index contributed by atoms with van der Waals surface area (Å²) in [5.41, 5.74) is -0.580. The van der Waals surface area contributed by atoms with Crippen LogP contribution < -0.4 is 10.2 Å². The van der Waals surface area contributed by atoms with Crippen LogP contribution in [0, 0.1) is 21.8 Å². The number of non-ortho nitro benzene ring substituents is 1. The number of hydrogen-bond donors (Lipinski definition) is 1. The first-order valence-electron chi connectivity index (χ1n) is 7.75. The highest BCUT2D eigenvalue weighted by Crippen LogP contribution is 2.29. The minimum atomic E-state index is -0.644. The van der Waals surface area contributed by atoms with Gasteiger partial charge in [-0.25, -0.2) is 9.18 Å². The molecule has 132 valence electrons. The van der Waals surface area contributed by atoms with E-state index in [1.807, 2.05) is 6.92 Å². The van der Waals surface area contributed by atoms with Crippen LogP contribution in [0.25, 0.3) is 0 Å². The molecule has 1 N–H and O–H groups in total. The summed E-state index contributed by atoms with van der Waals surface area (Å²) in [6.07, 6.45) is -0.509. The summed E-state index contributed by atoms with van der Waals surface area (Å²) >= 11 is 0. The molecule has 1 aliphatic heterocycles. The molecule has 1 aromatic rings. The topological polar surface area (TPSA) is 84.7 Å². The maximum Gasteiger partial charge on any atom is 0.407 e. The molecular formula is C16H22FN3O4. The van der Waals surface area contributed by atoms with Crippen molar-refractivity contribution >= 4 is 17.5 Å². The van der Waals surface area contributed by atoms with Crippen LogP contribution in [0.3, 0.4) is 0 Å². The van der Waals surface area contributed by atoms with Crippen molar-refractivity contribution in [1.82, 2.24) is 5.32 Å². The first-order valence-corrected chi connectivity index (χ1v) is 7.75. The number of carbonyl (C=O) groups excluding carboxylic acids is 1. The molecule has 24 heavy (non-hydrogen) atoms. The van der Waals surface area contributed by atoms with Crippen LogP contribution >= 0.6 is 0 Å². The van der Waals surface area contributed by atoms with E-state index in [4.69, 9.17) is 4.74 Å². The Morgan fingerprint density at radius 3 is 2.62 bits per heavy atom. The van der Waals surface area contributed by atoms with E-state index in [0.717, 1.165) is 6.07 Å². The summed E-state index contributed by atoms with van der Waals surface area (Å²) in [6, 6.07) is 3.40.